The lowest BCUT2D eigenvalue weighted by Crippen LogP contribution is -1.94. The first kappa shape index (κ1) is 8.13. The van der Waals surface area contributed by atoms with Crippen LogP contribution in [-0.4, -0.2) is 12.6 Å². The molecule has 0 saturated heterocycles. The van der Waals surface area contributed by atoms with Gasteiger partial charge in [0.15, 0.2) is 12.6 Å². The SMILES string of the molecule is O=Cc1cc2c(cc1C=O)COC2. The minimum absolute atomic E-state index is 0.444. The maximum Gasteiger partial charge on any atom is 0.150 e. The van der Waals surface area contributed by atoms with E-state index in [1.165, 1.54) is 0 Å². The van der Waals surface area contributed by atoms with E-state index in [2.05, 4.69) is 0 Å². The van der Waals surface area contributed by atoms with Gasteiger partial charge < -0.3 is 4.74 Å². The maximum atomic E-state index is 10.6. The largest absolute Gasteiger partial charge is 0.372 e. The fraction of sp³-hybridized carbons (Fsp3) is 0.200. The van der Waals surface area contributed by atoms with Crippen LogP contribution < -0.4 is 0 Å². The summed E-state index contributed by atoms with van der Waals surface area (Å²) in [6.45, 7) is 1.07. The minimum Gasteiger partial charge on any atom is -0.372 e. The number of aldehydes is 2. The first-order valence-electron chi connectivity index (χ1n) is 3.99. The number of carbonyl (C=O) groups is 2. The van der Waals surface area contributed by atoms with Crippen molar-refractivity contribution in [1.29, 1.82) is 0 Å². The number of benzene rings is 1. The standard InChI is InChI=1S/C10H8O3/c11-3-7-1-9-5-13-6-10(9)2-8(7)4-12/h1-4H,5-6H2. The first-order valence-corrected chi connectivity index (χ1v) is 3.99. The number of fused-ring (bicyclic) bond motifs is 1. The smallest absolute Gasteiger partial charge is 0.150 e. The van der Waals surface area contributed by atoms with Gasteiger partial charge in [0.25, 0.3) is 0 Å². The zero-order valence-electron chi connectivity index (χ0n) is 6.95. The summed E-state index contributed by atoms with van der Waals surface area (Å²) < 4.78 is 5.18. The molecule has 0 aliphatic carbocycles. The summed E-state index contributed by atoms with van der Waals surface area (Å²) in [7, 11) is 0. The number of hydrogen-bond donors (Lipinski definition) is 0. The lowest BCUT2D eigenvalue weighted by molar-refractivity contribution is 0.109. The van der Waals surface area contributed by atoms with Gasteiger partial charge in [-0.2, -0.15) is 0 Å². The summed E-state index contributed by atoms with van der Waals surface area (Å²) >= 11 is 0. The van der Waals surface area contributed by atoms with Crippen molar-refractivity contribution in [1.82, 2.24) is 0 Å². The first-order chi connectivity index (χ1) is 6.35. The van der Waals surface area contributed by atoms with Crippen molar-refractivity contribution in [3.63, 3.8) is 0 Å². The van der Waals surface area contributed by atoms with Gasteiger partial charge in [0, 0.05) is 11.1 Å². The highest BCUT2D eigenvalue weighted by atomic mass is 16.5. The number of ether oxygens (including phenoxy) is 1. The molecule has 0 aromatic heterocycles. The van der Waals surface area contributed by atoms with Gasteiger partial charge in [-0.15, -0.1) is 0 Å². The normalized spacial score (nSPS) is 13.8. The summed E-state index contributed by atoms with van der Waals surface area (Å²) in [5.41, 5.74) is 2.90. The van der Waals surface area contributed by atoms with Crippen LogP contribution in [0.4, 0.5) is 0 Å². The summed E-state index contributed by atoms with van der Waals surface area (Å²) in [6.07, 6.45) is 1.39. The van der Waals surface area contributed by atoms with Crippen LogP contribution in [0.1, 0.15) is 31.8 Å². The van der Waals surface area contributed by atoms with Crippen LogP contribution in [0.5, 0.6) is 0 Å². The molecule has 0 N–H and O–H groups in total. The van der Waals surface area contributed by atoms with Crippen LogP contribution >= 0.6 is 0 Å². The molecule has 13 heavy (non-hydrogen) atoms. The van der Waals surface area contributed by atoms with Crippen LogP contribution in [-0.2, 0) is 18.0 Å². The van der Waals surface area contributed by atoms with Crippen molar-refractivity contribution < 1.29 is 14.3 Å². The van der Waals surface area contributed by atoms with Gasteiger partial charge in [-0.25, -0.2) is 0 Å². The third-order valence-corrected chi connectivity index (χ3v) is 2.17. The molecule has 0 bridgehead atoms. The Morgan fingerprint density at radius 2 is 1.46 bits per heavy atom. The fourth-order valence-electron chi connectivity index (χ4n) is 1.47. The Labute approximate surface area is 75.3 Å². The van der Waals surface area contributed by atoms with Crippen LogP contribution in [0.2, 0.25) is 0 Å². The second kappa shape index (κ2) is 3.11. The summed E-state index contributed by atoms with van der Waals surface area (Å²) in [5.74, 6) is 0. The van der Waals surface area contributed by atoms with Crippen LogP contribution in [0.25, 0.3) is 0 Å². The highest BCUT2D eigenvalue weighted by Crippen LogP contribution is 2.22. The second-order valence-electron chi connectivity index (χ2n) is 2.98. The summed E-state index contributed by atoms with van der Waals surface area (Å²) in [4.78, 5) is 21.2. The molecular formula is C10H8O3. The van der Waals surface area contributed by atoms with E-state index in [4.69, 9.17) is 4.74 Å². The zero-order valence-corrected chi connectivity index (χ0v) is 6.95. The molecule has 0 spiro atoms. The van der Waals surface area contributed by atoms with E-state index in [1.54, 1.807) is 12.1 Å². The molecule has 0 amide bonds. The van der Waals surface area contributed by atoms with Gasteiger partial charge >= 0.3 is 0 Å². The van der Waals surface area contributed by atoms with E-state index in [0.717, 1.165) is 11.1 Å². The molecule has 3 heteroatoms. The molecule has 0 saturated carbocycles. The number of rotatable bonds is 2. The number of carbonyl (C=O) groups excluding carboxylic acids is 2. The molecule has 3 nitrogen and oxygen atoms in total. The van der Waals surface area contributed by atoms with E-state index in [9.17, 15) is 9.59 Å². The van der Waals surface area contributed by atoms with Crippen LogP contribution in [0.3, 0.4) is 0 Å². The van der Waals surface area contributed by atoms with Crippen molar-refractivity contribution in [3.8, 4) is 0 Å². The van der Waals surface area contributed by atoms with Gasteiger partial charge in [-0.3, -0.25) is 9.59 Å². The Morgan fingerprint density at radius 1 is 1.00 bits per heavy atom. The van der Waals surface area contributed by atoms with Crippen molar-refractivity contribution in [2.75, 3.05) is 0 Å². The Balaban J connectivity index is 2.59. The summed E-state index contributed by atoms with van der Waals surface area (Å²) in [5, 5.41) is 0. The third-order valence-electron chi connectivity index (χ3n) is 2.17. The summed E-state index contributed by atoms with van der Waals surface area (Å²) in [6, 6.07) is 3.44. The molecular weight excluding hydrogens is 168 g/mol. The molecule has 1 aliphatic heterocycles. The fourth-order valence-corrected chi connectivity index (χ4v) is 1.47. The van der Waals surface area contributed by atoms with Crippen molar-refractivity contribution >= 4 is 12.6 Å². The Bertz CT molecular complexity index is 334. The molecule has 1 heterocycles. The van der Waals surface area contributed by atoms with Crippen molar-refractivity contribution in [2.24, 2.45) is 0 Å². The molecule has 1 aromatic carbocycles. The molecule has 0 radical (unpaired) electrons. The molecule has 0 atom stereocenters. The predicted octanol–water partition coefficient (Wildman–Crippen LogP) is 1.34. The highest BCUT2D eigenvalue weighted by Gasteiger charge is 2.14. The van der Waals surface area contributed by atoms with Crippen LogP contribution in [0, 0.1) is 0 Å². The molecule has 1 aromatic rings. The van der Waals surface area contributed by atoms with Gasteiger partial charge in [0.2, 0.25) is 0 Å². The average molecular weight is 176 g/mol. The van der Waals surface area contributed by atoms with Crippen molar-refractivity contribution in [2.45, 2.75) is 13.2 Å². The van der Waals surface area contributed by atoms with Gasteiger partial charge in [0.1, 0.15) is 0 Å². The molecule has 1 aliphatic rings. The Hall–Kier alpha value is -1.48. The van der Waals surface area contributed by atoms with Gasteiger partial charge in [0.05, 0.1) is 13.2 Å². The average Bonchev–Trinajstić information content (AvgIpc) is 2.62. The topological polar surface area (TPSA) is 43.4 Å². The molecule has 66 valence electrons. The van der Waals surface area contributed by atoms with Gasteiger partial charge in [-0.1, -0.05) is 0 Å². The van der Waals surface area contributed by atoms with Crippen LogP contribution in [0.15, 0.2) is 12.1 Å². The minimum atomic E-state index is 0.444. The third kappa shape index (κ3) is 1.27. The molecule has 0 unspecified atom stereocenters. The number of hydrogen-bond acceptors (Lipinski definition) is 3. The van der Waals surface area contributed by atoms with E-state index in [1.807, 2.05) is 0 Å². The van der Waals surface area contributed by atoms with Gasteiger partial charge in [-0.05, 0) is 23.3 Å². The molecule has 2 rings (SSSR count). The lowest BCUT2D eigenvalue weighted by Gasteiger charge is -2.00. The zero-order chi connectivity index (χ0) is 9.26. The second-order valence-corrected chi connectivity index (χ2v) is 2.98. The Morgan fingerprint density at radius 3 is 1.85 bits per heavy atom. The highest BCUT2D eigenvalue weighted by molar-refractivity contribution is 5.90. The lowest BCUT2D eigenvalue weighted by atomic mass is 10.0. The van der Waals surface area contributed by atoms with E-state index < -0.39 is 0 Å². The van der Waals surface area contributed by atoms with E-state index >= 15 is 0 Å². The van der Waals surface area contributed by atoms with Crippen molar-refractivity contribution in [3.05, 3.63) is 34.4 Å². The van der Waals surface area contributed by atoms with E-state index in [-0.39, 0.29) is 0 Å². The van der Waals surface area contributed by atoms with E-state index in [0.29, 0.717) is 36.9 Å². The Kier molecular flexibility index (Phi) is 1.94. The predicted molar refractivity (Wildman–Crippen MR) is 45.7 cm³/mol. The quantitative estimate of drug-likeness (QED) is 0.638. The maximum absolute atomic E-state index is 10.6. The monoisotopic (exact) mass is 176 g/mol. The molecule has 0 fully saturated rings.